The Bertz CT molecular complexity index is 628. The molecule has 1 heterocycles. The van der Waals surface area contributed by atoms with E-state index in [-0.39, 0.29) is 0 Å². The fourth-order valence-corrected chi connectivity index (χ4v) is 2.57. The minimum absolute atomic E-state index is 0.432. The second-order valence-corrected chi connectivity index (χ2v) is 5.47. The molecule has 0 aliphatic carbocycles. The lowest BCUT2D eigenvalue weighted by atomic mass is 10.1. The van der Waals surface area contributed by atoms with Crippen molar-refractivity contribution in [1.82, 2.24) is 15.1 Å². The van der Waals surface area contributed by atoms with Gasteiger partial charge in [-0.1, -0.05) is 30.7 Å². The first kappa shape index (κ1) is 16.8. The number of hydrogen-bond donors (Lipinski definition) is 2. The van der Waals surface area contributed by atoms with Gasteiger partial charge in [0.2, 0.25) is 0 Å². The van der Waals surface area contributed by atoms with Crippen LogP contribution in [0.4, 0.5) is 0 Å². The second kappa shape index (κ2) is 7.63. The average molecular weight is 324 g/mol. The van der Waals surface area contributed by atoms with Gasteiger partial charge in [0.1, 0.15) is 10.9 Å². The van der Waals surface area contributed by atoms with Crippen molar-refractivity contribution in [3.05, 3.63) is 46.2 Å². The van der Waals surface area contributed by atoms with E-state index in [1.807, 2.05) is 38.2 Å². The number of methoxy groups -OCH3 is 1. The van der Waals surface area contributed by atoms with Crippen LogP contribution in [-0.2, 0) is 20.0 Å². The summed E-state index contributed by atoms with van der Waals surface area (Å²) in [6.07, 6.45) is 0.228. The number of nitrogens with one attached hydrogen (secondary N) is 1. The molecule has 1 unspecified atom stereocenters. The molecule has 0 bridgehead atoms. The number of aliphatic hydroxyl groups is 1. The molecule has 0 saturated carbocycles. The smallest absolute Gasteiger partial charge is 0.131 e. The van der Waals surface area contributed by atoms with Gasteiger partial charge in [0, 0.05) is 25.7 Å². The van der Waals surface area contributed by atoms with Crippen molar-refractivity contribution in [2.24, 2.45) is 7.05 Å². The van der Waals surface area contributed by atoms with Crippen LogP contribution in [0.3, 0.4) is 0 Å². The van der Waals surface area contributed by atoms with Gasteiger partial charge in [-0.05, 0) is 24.1 Å². The van der Waals surface area contributed by atoms with Crippen molar-refractivity contribution in [2.75, 3.05) is 13.7 Å². The Hall–Kier alpha value is -1.56. The highest BCUT2D eigenvalue weighted by Crippen LogP contribution is 2.21. The maximum absolute atomic E-state index is 10.2. The molecule has 2 aromatic rings. The van der Waals surface area contributed by atoms with Crippen LogP contribution in [0.2, 0.25) is 5.15 Å². The summed E-state index contributed by atoms with van der Waals surface area (Å²) in [6.45, 7) is 3.06. The molecule has 0 amide bonds. The maximum atomic E-state index is 10.2. The molecule has 1 atom stereocenters. The highest BCUT2D eigenvalue weighted by Gasteiger charge is 2.14. The van der Waals surface area contributed by atoms with E-state index in [1.165, 1.54) is 0 Å². The standard InChI is InChI=1S/C16H22ClN3O2/c1-4-14-13(16(17)20(2)19-14)9-18-10-15(21)11-6-5-7-12(8-11)22-3/h5-8,15,18,21H,4,9-10H2,1-3H3. The first-order valence-electron chi connectivity index (χ1n) is 7.29. The van der Waals surface area contributed by atoms with Crippen LogP contribution >= 0.6 is 11.6 Å². The molecule has 1 aromatic carbocycles. The molecule has 5 nitrogen and oxygen atoms in total. The van der Waals surface area contributed by atoms with Crippen molar-refractivity contribution in [3.63, 3.8) is 0 Å². The SMILES string of the molecule is CCc1nn(C)c(Cl)c1CNCC(O)c1cccc(OC)c1. The van der Waals surface area contributed by atoms with Gasteiger partial charge >= 0.3 is 0 Å². The molecule has 2 rings (SSSR count). The van der Waals surface area contributed by atoms with Crippen molar-refractivity contribution in [1.29, 1.82) is 0 Å². The average Bonchev–Trinajstić information content (AvgIpc) is 2.82. The predicted octanol–water partition coefficient (Wildman–Crippen LogP) is 2.47. The Kier molecular flexibility index (Phi) is 5.83. The Balaban J connectivity index is 1.96. The molecule has 0 radical (unpaired) electrons. The summed E-state index contributed by atoms with van der Waals surface area (Å²) < 4.78 is 6.84. The van der Waals surface area contributed by atoms with E-state index >= 15 is 0 Å². The van der Waals surface area contributed by atoms with Crippen molar-refractivity contribution < 1.29 is 9.84 Å². The number of aromatic nitrogens is 2. The molecule has 22 heavy (non-hydrogen) atoms. The molecule has 0 saturated heterocycles. The molecule has 0 aliphatic heterocycles. The largest absolute Gasteiger partial charge is 0.497 e. The number of nitrogens with zero attached hydrogens (tertiary/aromatic N) is 2. The molecule has 120 valence electrons. The van der Waals surface area contributed by atoms with Crippen LogP contribution < -0.4 is 10.1 Å². The third-order valence-electron chi connectivity index (χ3n) is 3.61. The topological polar surface area (TPSA) is 59.3 Å². The van der Waals surface area contributed by atoms with Gasteiger partial charge in [-0.2, -0.15) is 5.10 Å². The summed E-state index contributed by atoms with van der Waals surface area (Å²) in [5.41, 5.74) is 2.79. The third kappa shape index (κ3) is 3.80. The minimum atomic E-state index is -0.601. The lowest BCUT2D eigenvalue weighted by Crippen LogP contribution is -2.21. The molecule has 2 N–H and O–H groups in total. The number of aliphatic hydroxyl groups excluding tert-OH is 1. The minimum Gasteiger partial charge on any atom is -0.497 e. The van der Waals surface area contributed by atoms with Crippen molar-refractivity contribution >= 4 is 11.6 Å². The van der Waals surface area contributed by atoms with Gasteiger partial charge in [-0.25, -0.2) is 0 Å². The van der Waals surface area contributed by atoms with Crippen LogP contribution in [0.15, 0.2) is 24.3 Å². The van der Waals surface area contributed by atoms with Gasteiger partial charge in [0.25, 0.3) is 0 Å². The Morgan fingerprint density at radius 1 is 1.45 bits per heavy atom. The fraction of sp³-hybridized carbons (Fsp3) is 0.438. The highest BCUT2D eigenvalue weighted by molar-refractivity contribution is 6.30. The Morgan fingerprint density at radius 3 is 2.91 bits per heavy atom. The number of rotatable bonds is 7. The van der Waals surface area contributed by atoms with E-state index < -0.39 is 6.10 Å². The lowest BCUT2D eigenvalue weighted by Gasteiger charge is -2.13. The Labute approximate surface area is 135 Å². The highest BCUT2D eigenvalue weighted by atomic mass is 35.5. The number of halogens is 1. The normalized spacial score (nSPS) is 12.4. The molecular formula is C16H22ClN3O2. The summed E-state index contributed by atoms with van der Waals surface area (Å²) in [7, 11) is 3.44. The predicted molar refractivity (Wildman–Crippen MR) is 87.3 cm³/mol. The zero-order chi connectivity index (χ0) is 16.1. The Morgan fingerprint density at radius 2 is 2.23 bits per heavy atom. The number of aryl methyl sites for hydroxylation is 2. The van der Waals surface area contributed by atoms with Crippen LogP contribution in [-0.4, -0.2) is 28.5 Å². The number of benzene rings is 1. The summed E-state index contributed by atoms with van der Waals surface area (Å²) >= 11 is 6.25. The molecule has 0 spiro atoms. The van der Waals surface area contributed by atoms with Crippen molar-refractivity contribution in [2.45, 2.75) is 26.0 Å². The monoisotopic (exact) mass is 323 g/mol. The molecule has 0 fully saturated rings. The van der Waals surface area contributed by atoms with E-state index in [0.717, 1.165) is 29.0 Å². The van der Waals surface area contributed by atoms with Crippen LogP contribution in [0.1, 0.15) is 29.8 Å². The summed E-state index contributed by atoms with van der Waals surface area (Å²) in [4.78, 5) is 0. The molecule has 1 aromatic heterocycles. The maximum Gasteiger partial charge on any atom is 0.131 e. The first-order chi connectivity index (χ1) is 10.6. The van der Waals surface area contributed by atoms with E-state index in [4.69, 9.17) is 16.3 Å². The van der Waals surface area contributed by atoms with Crippen LogP contribution in [0, 0.1) is 0 Å². The molecule has 6 heteroatoms. The van der Waals surface area contributed by atoms with Gasteiger partial charge in [0.05, 0.1) is 18.9 Å². The van der Waals surface area contributed by atoms with E-state index in [9.17, 15) is 5.11 Å². The summed E-state index contributed by atoms with van der Waals surface area (Å²) in [5.74, 6) is 0.736. The van der Waals surface area contributed by atoms with E-state index in [2.05, 4.69) is 10.4 Å². The third-order valence-corrected chi connectivity index (χ3v) is 4.08. The van der Waals surface area contributed by atoms with E-state index in [0.29, 0.717) is 18.2 Å². The van der Waals surface area contributed by atoms with E-state index in [1.54, 1.807) is 11.8 Å². The van der Waals surface area contributed by atoms with Crippen molar-refractivity contribution in [3.8, 4) is 5.75 Å². The first-order valence-corrected chi connectivity index (χ1v) is 7.67. The second-order valence-electron chi connectivity index (χ2n) is 5.12. The van der Waals surface area contributed by atoms with Gasteiger partial charge in [0.15, 0.2) is 0 Å². The summed E-state index contributed by atoms with van der Waals surface area (Å²) in [6, 6.07) is 7.43. The lowest BCUT2D eigenvalue weighted by molar-refractivity contribution is 0.174. The zero-order valence-electron chi connectivity index (χ0n) is 13.1. The van der Waals surface area contributed by atoms with Gasteiger partial charge in [-0.15, -0.1) is 0 Å². The molecular weight excluding hydrogens is 302 g/mol. The van der Waals surface area contributed by atoms with Crippen LogP contribution in [0.25, 0.3) is 0 Å². The number of hydrogen-bond acceptors (Lipinski definition) is 4. The quantitative estimate of drug-likeness (QED) is 0.822. The zero-order valence-corrected chi connectivity index (χ0v) is 13.9. The number of ether oxygens (including phenoxy) is 1. The van der Waals surface area contributed by atoms with Gasteiger partial charge < -0.3 is 15.2 Å². The summed E-state index contributed by atoms with van der Waals surface area (Å²) in [5, 5.41) is 18.5. The van der Waals surface area contributed by atoms with Gasteiger partial charge in [-0.3, -0.25) is 4.68 Å². The fourth-order valence-electron chi connectivity index (χ4n) is 2.36. The van der Waals surface area contributed by atoms with Crippen LogP contribution in [0.5, 0.6) is 5.75 Å². The molecule has 0 aliphatic rings.